The fourth-order valence-corrected chi connectivity index (χ4v) is 3.19. The SMILES string of the molecule is N#Cc1cnn(-c2ccccc2)c1NC(=O)c1cc(C(F)(F)F)nn1-c1ccccc1Cl. The van der Waals surface area contributed by atoms with Crippen molar-refractivity contribution in [2.45, 2.75) is 6.18 Å². The third-order valence-electron chi connectivity index (χ3n) is 4.44. The van der Waals surface area contributed by atoms with E-state index in [2.05, 4.69) is 15.5 Å². The molecule has 2 aromatic carbocycles. The average Bonchev–Trinajstić information content (AvgIpc) is 3.39. The molecule has 0 saturated heterocycles. The molecule has 0 aliphatic carbocycles. The van der Waals surface area contributed by atoms with Crippen LogP contribution in [0.5, 0.6) is 0 Å². The van der Waals surface area contributed by atoms with E-state index in [0.29, 0.717) is 11.8 Å². The molecule has 7 nitrogen and oxygen atoms in total. The van der Waals surface area contributed by atoms with Crippen molar-refractivity contribution in [2.24, 2.45) is 0 Å². The number of anilines is 1. The number of amides is 1. The molecule has 0 spiro atoms. The summed E-state index contributed by atoms with van der Waals surface area (Å²) in [5.41, 5.74) is -1.02. The number of nitrogens with zero attached hydrogens (tertiary/aromatic N) is 5. The van der Waals surface area contributed by atoms with Crippen LogP contribution in [0.4, 0.5) is 19.0 Å². The highest BCUT2D eigenvalue weighted by Crippen LogP contribution is 2.31. The molecule has 0 aliphatic rings. The zero-order valence-electron chi connectivity index (χ0n) is 16.0. The Balaban J connectivity index is 1.80. The van der Waals surface area contributed by atoms with E-state index in [1.807, 2.05) is 6.07 Å². The number of carbonyl (C=O) groups excluding carboxylic acids is 1. The fraction of sp³-hybridized carbons (Fsp3) is 0.0476. The molecule has 1 amide bonds. The van der Waals surface area contributed by atoms with E-state index in [-0.39, 0.29) is 22.1 Å². The molecular weight excluding hydrogens is 445 g/mol. The van der Waals surface area contributed by atoms with Gasteiger partial charge in [-0.05, 0) is 24.3 Å². The quantitative estimate of drug-likeness (QED) is 0.475. The van der Waals surface area contributed by atoms with Crippen LogP contribution in [0, 0.1) is 11.3 Å². The van der Waals surface area contributed by atoms with Gasteiger partial charge < -0.3 is 5.32 Å². The number of hydrogen-bond donors (Lipinski definition) is 1. The number of nitriles is 1. The van der Waals surface area contributed by atoms with Crippen molar-refractivity contribution in [3.63, 3.8) is 0 Å². The lowest BCUT2D eigenvalue weighted by Crippen LogP contribution is -2.19. The van der Waals surface area contributed by atoms with Gasteiger partial charge in [-0.15, -0.1) is 0 Å². The highest BCUT2D eigenvalue weighted by molar-refractivity contribution is 6.32. The summed E-state index contributed by atoms with van der Waals surface area (Å²) < 4.78 is 42.2. The molecule has 32 heavy (non-hydrogen) atoms. The molecule has 1 N–H and O–H groups in total. The number of para-hydroxylation sites is 2. The lowest BCUT2D eigenvalue weighted by atomic mass is 10.2. The number of carbonyl (C=O) groups is 1. The molecule has 0 aliphatic heterocycles. The van der Waals surface area contributed by atoms with Crippen LogP contribution < -0.4 is 5.32 Å². The van der Waals surface area contributed by atoms with E-state index < -0.39 is 23.5 Å². The van der Waals surface area contributed by atoms with Crippen molar-refractivity contribution in [3.05, 3.63) is 88.8 Å². The van der Waals surface area contributed by atoms with Crippen LogP contribution in [-0.2, 0) is 6.18 Å². The highest BCUT2D eigenvalue weighted by Gasteiger charge is 2.36. The second-order valence-corrected chi connectivity index (χ2v) is 6.90. The predicted molar refractivity (Wildman–Crippen MR) is 110 cm³/mol. The van der Waals surface area contributed by atoms with Gasteiger partial charge in [-0.25, -0.2) is 9.36 Å². The Hall–Kier alpha value is -4.10. The third-order valence-corrected chi connectivity index (χ3v) is 4.76. The topological polar surface area (TPSA) is 88.5 Å². The maximum Gasteiger partial charge on any atom is 0.435 e. The molecule has 0 saturated carbocycles. The minimum atomic E-state index is -4.79. The molecule has 2 heterocycles. The Morgan fingerprint density at radius 3 is 2.41 bits per heavy atom. The number of rotatable bonds is 4. The molecule has 0 radical (unpaired) electrons. The first-order valence-corrected chi connectivity index (χ1v) is 9.44. The zero-order chi connectivity index (χ0) is 22.9. The van der Waals surface area contributed by atoms with Crippen molar-refractivity contribution in [1.82, 2.24) is 19.6 Å². The standard InChI is InChI=1S/C21H12ClF3N6O/c22-15-8-4-5-9-16(15)31-17(10-18(29-31)21(23,24)25)20(32)28-19-13(11-26)12-27-30(19)14-6-2-1-3-7-14/h1-10,12H,(H,28,32). The summed E-state index contributed by atoms with van der Waals surface area (Å²) in [5.74, 6) is -0.925. The zero-order valence-corrected chi connectivity index (χ0v) is 16.8. The molecular formula is C21H12ClF3N6O. The van der Waals surface area contributed by atoms with Crippen LogP contribution in [0.3, 0.4) is 0 Å². The summed E-state index contributed by atoms with van der Waals surface area (Å²) in [6.45, 7) is 0. The van der Waals surface area contributed by atoms with E-state index in [1.54, 1.807) is 42.5 Å². The van der Waals surface area contributed by atoms with Gasteiger partial charge in [0.15, 0.2) is 11.5 Å². The first kappa shape index (κ1) is 21.1. The third kappa shape index (κ3) is 3.93. The Morgan fingerprint density at radius 2 is 1.75 bits per heavy atom. The molecule has 0 unspecified atom stereocenters. The smallest absolute Gasteiger partial charge is 0.304 e. The summed E-state index contributed by atoms with van der Waals surface area (Å²) >= 11 is 6.12. The Morgan fingerprint density at radius 1 is 1.06 bits per heavy atom. The van der Waals surface area contributed by atoms with Crippen LogP contribution in [-0.4, -0.2) is 25.5 Å². The second-order valence-electron chi connectivity index (χ2n) is 6.50. The van der Waals surface area contributed by atoms with E-state index in [1.165, 1.54) is 23.0 Å². The molecule has 4 aromatic rings. The van der Waals surface area contributed by atoms with Crippen molar-refractivity contribution in [3.8, 4) is 17.4 Å². The summed E-state index contributed by atoms with van der Waals surface area (Å²) in [7, 11) is 0. The van der Waals surface area contributed by atoms with Gasteiger partial charge in [-0.2, -0.15) is 28.6 Å². The Bertz CT molecular complexity index is 1340. The molecule has 0 atom stereocenters. The first-order valence-electron chi connectivity index (χ1n) is 9.06. The monoisotopic (exact) mass is 456 g/mol. The van der Waals surface area contributed by atoms with E-state index >= 15 is 0 Å². The van der Waals surface area contributed by atoms with Crippen LogP contribution >= 0.6 is 11.6 Å². The Labute approximate surface area is 184 Å². The van der Waals surface area contributed by atoms with Gasteiger partial charge in [-0.3, -0.25) is 4.79 Å². The lowest BCUT2D eigenvalue weighted by Gasteiger charge is -2.11. The molecule has 11 heteroatoms. The second kappa shape index (κ2) is 8.20. The van der Waals surface area contributed by atoms with Crippen molar-refractivity contribution >= 4 is 23.3 Å². The summed E-state index contributed by atoms with van der Waals surface area (Å²) in [4.78, 5) is 13.1. The lowest BCUT2D eigenvalue weighted by molar-refractivity contribution is -0.141. The average molecular weight is 457 g/mol. The predicted octanol–water partition coefficient (Wildman–Crippen LogP) is 4.85. The molecule has 160 valence electrons. The fourth-order valence-electron chi connectivity index (χ4n) is 2.98. The maximum absolute atomic E-state index is 13.3. The number of benzene rings is 2. The van der Waals surface area contributed by atoms with Gasteiger partial charge >= 0.3 is 6.18 Å². The number of aromatic nitrogens is 4. The maximum atomic E-state index is 13.3. The summed E-state index contributed by atoms with van der Waals surface area (Å²) in [6, 6.07) is 17.2. The van der Waals surface area contributed by atoms with Gasteiger partial charge in [-0.1, -0.05) is 41.9 Å². The summed E-state index contributed by atoms with van der Waals surface area (Å²) in [6.07, 6.45) is -3.54. The van der Waals surface area contributed by atoms with Crippen LogP contribution in [0.2, 0.25) is 5.02 Å². The summed E-state index contributed by atoms with van der Waals surface area (Å²) in [5, 5.41) is 19.6. The Kier molecular flexibility index (Phi) is 5.42. The number of hydrogen-bond acceptors (Lipinski definition) is 4. The molecule has 4 rings (SSSR count). The van der Waals surface area contributed by atoms with Crippen molar-refractivity contribution in [2.75, 3.05) is 5.32 Å². The van der Waals surface area contributed by atoms with Crippen LogP contribution in [0.1, 0.15) is 21.7 Å². The molecule has 0 bridgehead atoms. The number of nitrogens with one attached hydrogen (secondary N) is 1. The van der Waals surface area contributed by atoms with Crippen LogP contribution in [0.15, 0.2) is 66.9 Å². The first-order chi connectivity index (χ1) is 15.3. The van der Waals surface area contributed by atoms with E-state index in [4.69, 9.17) is 11.6 Å². The van der Waals surface area contributed by atoms with Gasteiger partial charge in [0, 0.05) is 6.07 Å². The minimum absolute atomic E-state index is 0.00386. The van der Waals surface area contributed by atoms with Crippen molar-refractivity contribution in [1.29, 1.82) is 5.26 Å². The van der Waals surface area contributed by atoms with Gasteiger partial charge in [0.1, 0.15) is 17.3 Å². The minimum Gasteiger partial charge on any atom is -0.304 e. The normalized spacial score (nSPS) is 11.2. The highest BCUT2D eigenvalue weighted by atomic mass is 35.5. The largest absolute Gasteiger partial charge is 0.435 e. The number of alkyl halides is 3. The van der Waals surface area contributed by atoms with Gasteiger partial charge in [0.25, 0.3) is 5.91 Å². The van der Waals surface area contributed by atoms with Gasteiger partial charge in [0.05, 0.1) is 22.6 Å². The molecule has 0 fully saturated rings. The van der Waals surface area contributed by atoms with Crippen LogP contribution in [0.25, 0.3) is 11.4 Å². The van der Waals surface area contributed by atoms with E-state index in [0.717, 1.165) is 4.68 Å². The number of halogens is 4. The van der Waals surface area contributed by atoms with E-state index in [9.17, 15) is 23.2 Å². The molecule has 2 aromatic heterocycles. The van der Waals surface area contributed by atoms with Crippen molar-refractivity contribution < 1.29 is 18.0 Å². The van der Waals surface area contributed by atoms with Gasteiger partial charge in [0.2, 0.25) is 0 Å².